The van der Waals surface area contributed by atoms with E-state index in [0.29, 0.717) is 6.42 Å². The molecule has 158 valence electrons. The molecule has 1 fully saturated rings. The maximum atomic E-state index is 12.4. The van der Waals surface area contributed by atoms with Gasteiger partial charge in [-0.05, 0) is 35.9 Å². The van der Waals surface area contributed by atoms with Crippen molar-refractivity contribution in [2.75, 3.05) is 38.0 Å². The Bertz CT molecular complexity index is 1080. The van der Waals surface area contributed by atoms with Gasteiger partial charge in [0.1, 0.15) is 0 Å². The predicted molar refractivity (Wildman–Crippen MR) is 123 cm³/mol. The van der Waals surface area contributed by atoms with Crippen LogP contribution in [0.2, 0.25) is 5.02 Å². The summed E-state index contributed by atoms with van der Waals surface area (Å²) in [6, 6.07) is 13.6. The second kappa shape index (κ2) is 9.31. The molecule has 1 amide bonds. The molecule has 0 saturated carbocycles. The van der Waals surface area contributed by atoms with Crippen molar-refractivity contribution in [3.8, 4) is 0 Å². The highest BCUT2D eigenvalue weighted by Gasteiger charge is 2.18. The smallest absolute Gasteiger partial charge is 0.307 e. The number of aryl methyl sites for hydroxylation is 1. The van der Waals surface area contributed by atoms with Gasteiger partial charge in [-0.15, -0.1) is 0 Å². The first-order valence-corrected chi connectivity index (χ1v) is 11.3. The number of rotatable bonds is 6. The minimum Gasteiger partial charge on any atom is -0.326 e. The molecular weight excluding hydrogens is 420 g/mol. The SMILES string of the molecule is Cn1c(=O)sc2cc(NC(=O)CCN3CCN(Cc4ccc(Cl)cc4)CC3)ccc21. The number of carbonyl (C=O) groups is 1. The zero-order valence-corrected chi connectivity index (χ0v) is 18.5. The van der Waals surface area contributed by atoms with Crippen molar-refractivity contribution in [3.63, 3.8) is 0 Å². The third-order valence-corrected chi connectivity index (χ3v) is 6.76. The summed E-state index contributed by atoms with van der Waals surface area (Å²) >= 11 is 7.15. The Morgan fingerprint density at radius 3 is 2.50 bits per heavy atom. The molecule has 0 atom stereocenters. The highest BCUT2D eigenvalue weighted by atomic mass is 35.5. The fraction of sp³-hybridized carbons (Fsp3) is 0.364. The van der Waals surface area contributed by atoms with E-state index in [4.69, 9.17) is 11.6 Å². The van der Waals surface area contributed by atoms with Crippen LogP contribution in [0.25, 0.3) is 10.2 Å². The first-order valence-electron chi connectivity index (χ1n) is 10.1. The van der Waals surface area contributed by atoms with Crippen LogP contribution >= 0.6 is 22.9 Å². The van der Waals surface area contributed by atoms with E-state index in [2.05, 4.69) is 27.2 Å². The van der Waals surface area contributed by atoms with Crippen molar-refractivity contribution < 1.29 is 4.79 Å². The molecule has 0 bridgehead atoms. The topological polar surface area (TPSA) is 57.6 Å². The Morgan fingerprint density at radius 2 is 1.77 bits per heavy atom. The van der Waals surface area contributed by atoms with Crippen LogP contribution in [0.1, 0.15) is 12.0 Å². The Balaban J connectivity index is 1.22. The maximum absolute atomic E-state index is 12.4. The lowest BCUT2D eigenvalue weighted by Gasteiger charge is -2.34. The van der Waals surface area contributed by atoms with Gasteiger partial charge >= 0.3 is 4.87 Å². The molecule has 6 nitrogen and oxygen atoms in total. The van der Waals surface area contributed by atoms with Crippen LogP contribution in [0.4, 0.5) is 5.69 Å². The number of benzene rings is 2. The number of halogens is 1. The number of nitrogens with one attached hydrogen (secondary N) is 1. The lowest BCUT2D eigenvalue weighted by atomic mass is 10.2. The van der Waals surface area contributed by atoms with Crippen molar-refractivity contribution in [3.05, 3.63) is 62.7 Å². The third-order valence-electron chi connectivity index (χ3n) is 5.52. The Morgan fingerprint density at radius 1 is 1.07 bits per heavy atom. The van der Waals surface area contributed by atoms with Gasteiger partial charge in [-0.25, -0.2) is 0 Å². The number of thiazole rings is 1. The lowest BCUT2D eigenvalue weighted by Crippen LogP contribution is -2.46. The molecule has 8 heteroatoms. The highest BCUT2D eigenvalue weighted by molar-refractivity contribution is 7.16. The van der Waals surface area contributed by atoms with Gasteiger partial charge in [-0.3, -0.25) is 14.5 Å². The van der Waals surface area contributed by atoms with Gasteiger partial charge in [0, 0.05) is 63.4 Å². The lowest BCUT2D eigenvalue weighted by molar-refractivity contribution is -0.116. The quantitative estimate of drug-likeness (QED) is 0.633. The summed E-state index contributed by atoms with van der Waals surface area (Å²) in [5, 5.41) is 3.72. The van der Waals surface area contributed by atoms with Crippen molar-refractivity contribution >= 4 is 44.7 Å². The molecule has 1 aliphatic rings. The highest BCUT2D eigenvalue weighted by Crippen LogP contribution is 2.21. The summed E-state index contributed by atoms with van der Waals surface area (Å²) in [5.74, 6) is 0.00113. The molecule has 1 aliphatic heterocycles. The molecule has 0 unspecified atom stereocenters. The molecule has 30 heavy (non-hydrogen) atoms. The molecule has 0 radical (unpaired) electrons. The number of carbonyl (C=O) groups excluding carboxylic acids is 1. The average molecular weight is 445 g/mol. The van der Waals surface area contributed by atoms with Crippen molar-refractivity contribution in [1.29, 1.82) is 0 Å². The van der Waals surface area contributed by atoms with Crippen LogP contribution in [0, 0.1) is 0 Å². The number of amides is 1. The summed E-state index contributed by atoms with van der Waals surface area (Å²) < 4.78 is 2.51. The fourth-order valence-electron chi connectivity index (χ4n) is 3.71. The van der Waals surface area contributed by atoms with E-state index >= 15 is 0 Å². The summed E-state index contributed by atoms with van der Waals surface area (Å²) in [5.41, 5.74) is 2.90. The van der Waals surface area contributed by atoms with E-state index in [9.17, 15) is 9.59 Å². The summed E-state index contributed by atoms with van der Waals surface area (Å²) in [6.45, 7) is 5.60. The second-order valence-electron chi connectivity index (χ2n) is 7.65. The summed E-state index contributed by atoms with van der Waals surface area (Å²) in [7, 11) is 1.76. The summed E-state index contributed by atoms with van der Waals surface area (Å²) in [6.07, 6.45) is 0.459. The molecule has 1 saturated heterocycles. The maximum Gasteiger partial charge on any atom is 0.307 e. The van der Waals surface area contributed by atoms with Crippen LogP contribution < -0.4 is 10.2 Å². The van der Waals surface area contributed by atoms with Gasteiger partial charge in [0.2, 0.25) is 5.91 Å². The normalized spacial score (nSPS) is 15.5. The molecule has 0 spiro atoms. The molecule has 3 aromatic rings. The average Bonchev–Trinajstić information content (AvgIpc) is 3.02. The number of fused-ring (bicyclic) bond motifs is 1. The van der Waals surface area contributed by atoms with Crippen LogP contribution in [0.5, 0.6) is 0 Å². The largest absolute Gasteiger partial charge is 0.326 e. The molecule has 1 aromatic heterocycles. The van der Waals surface area contributed by atoms with Gasteiger partial charge in [0.25, 0.3) is 0 Å². The number of hydrogen-bond acceptors (Lipinski definition) is 5. The summed E-state index contributed by atoms with van der Waals surface area (Å²) in [4.78, 5) is 28.9. The van der Waals surface area contributed by atoms with E-state index in [1.807, 2.05) is 30.3 Å². The second-order valence-corrected chi connectivity index (χ2v) is 9.08. The monoisotopic (exact) mass is 444 g/mol. The number of anilines is 1. The number of nitrogens with zero attached hydrogens (tertiary/aromatic N) is 3. The Hall–Kier alpha value is -2.19. The first-order chi connectivity index (χ1) is 14.5. The van der Waals surface area contributed by atoms with Crippen LogP contribution in [-0.2, 0) is 18.4 Å². The number of piperazine rings is 1. The van der Waals surface area contributed by atoms with Crippen LogP contribution in [0.3, 0.4) is 0 Å². The van der Waals surface area contributed by atoms with Crippen molar-refractivity contribution in [2.45, 2.75) is 13.0 Å². The number of hydrogen-bond donors (Lipinski definition) is 1. The molecular formula is C22H25ClN4O2S. The van der Waals surface area contributed by atoms with Gasteiger partial charge in [-0.2, -0.15) is 0 Å². The standard InChI is InChI=1S/C22H25ClN4O2S/c1-25-19-7-6-18(14-20(19)30-22(25)29)24-21(28)8-9-26-10-12-27(13-11-26)15-16-2-4-17(23)5-3-16/h2-7,14H,8-13,15H2,1H3,(H,24,28). The first kappa shape index (κ1) is 21.1. The van der Waals surface area contributed by atoms with E-state index in [-0.39, 0.29) is 10.8 Å². The van der Waals surface area contributed by atoms with E-state index in [0.717, 1.165) is 60.2 Å². The van der Waals surface area contributed by atoms with Gasteiger partial charge in [0.15, 0.2) is 0 Å². The third kappa shape index (κ3) is 5.10. The van der Waals surface area contributed by atoms with E-state index in [1.54, 1.807) is 11.6 Å². The molecule has 2 aromatic carbocycles. The molecule has 2 heterocycles. The zero-order chi connectivity index (χ0) is 21.1. The van der Waals surface area contributed by atoms with Crippen molar-refractivity contribution in [2.24, 2.45) is 7.05 Å². The van der Waals surface area contributed by atoms with Gasteiger partial charge in [0.05, 0.1) is 10.2 Å². The Labute approximate surface area is 184 Å². The minimum atomic E-state index is 0.00113. The van der Waals surface area contributed by atoms with Crippen LogP contribution in [0.15, 0.2) is 47.3 Å². The van der Waals surface area contributed by atoms with Crippen LogP contribution in [-0.4, -0.2) is 53.0 Å². The Kier molecular flexibility index (Phi) is 6.53. The predicted octanol–water partition coefficient (Wildman–Crippen LogP) is 3.40. The van der Waals surface area contributed by atoms with E-state index < -0.39 is 0 Å². The van der Waals surface area contributed by atoms with Gasteiger partial charge in [-0.1, -0.05) is 35.1 Å². The fourth-order valence-corrected chi connectivity index (χ4v) is 4.76. The molecule has 4 rings (SSSR count). The number of aromatic nitrogens is 1. The van der Waals surface area contributed by atoms with E-state index in [1.165, 1.54) is 16.9 Å². The van der Waals surface area contributed by atoms with Crippen molar-refractivity contribution in [1.82, 2.24) is 14.4 Å². The molecule has 1 N–H and O–H groups in total. The zero-order valence-electron chi connectivity index (χ0n) is 16.9. The minimum absolute atomic E-state index is 0.00113. The molecule has 0 aliphatic carbocycles. The van der Waals surface area contributed by atoms with Gasteiger partial charge < -0.3 is 14.8 Å².